The van der Waals surface area contributed by atoms with Gasteiger partial charge in [0, 0.05) is 25.6 Å². The summed E-state index contributed by atoms with van der Waals surface area (Å²) in [6, 6.07) is 15.5. The van der Waals surface area contributed by atoms with Gasteiger partial charge in [-0.1, -0.05) is 36.8 Å². The summed E-state index contributed by atoms with van der Waals surface area (Å²) in [7, 11) is 1.85. The molecule has 1 aromatic heterocycles. The second-order valence-electron chi connectivity index (χ2n) is 7.58. The Morgan fingerprint density at radius 1 is 1.14 bits per heavy atom. The first kappa shape index (κ1) is 21.2. The highest BCUT2D eigenvalue weighted by Crippen LogP contribution is 2.40. The Kier molecular flexibility index (Phi) is 7.79. The topological polar surface area (TPSA) is 52.8 Å². The highest BCUT2D eigenvalue weighted by Gasteiger charge is 2.39. The molecule has 2 fully saturated rings. The van der Waals surface area contributed by atoms with Crippen molar-refractivity contribution in [3.63, 3.8) is 0 Å². The molecule has 0 spiro atoms. The minimum absolute atomic E-state index is 0. The molecule has 2 aromatic rings. The maximum absolute atomic E-state index is 5.74. The summed E-state index contributed by atoms with van der Waals surface area (Å²) >= 11 is 0. The Hall–Kier alpha value is -1.54. The van der Waals surface area contributed by atoms with Gasteiger partial charge >= 0.3 is 0 Å². The highest BCUT2D eigenvalue weighted by molar-refractivity contribution is 14.0. The van der Waals surface area contributed by atoms with Crippen LogP contribution in [0.1, 0.15) is 49.0 Å². The number of furan rings is 1. The molecule has 1 saturated carbocycles. The number of nitrogens with zero attached hydrogens (tertiary/aromatic N) is 2. The van der Waals surface area contributed by atoms with Crippen molar-refractivity contribution < 1.29 is 4.42 Å². The van der Waals surface area contributed by atoms with Crippen molar-refractivity contribution in [1.82, 2.24) is 15.5 Å². The Morgan fingerprint density at radius 2 is 1.93 bits per heavy atom. The second kappa shape index (κ2) is 10.3. The quantitative estimate of drug-likeness (QED) is 0.360. The van der Waals surface area contributed by atoms with Gasteiger partial charge in [-0.2, -0.15) is 0 Å². The van der Waals surface area contributed by atoms with Crippen molar-refractivity contribution in [3.8, 4) is 0 Å². The van der Waals surface area contributed by atoms with Crippen molar-refractivity contribution in [2.75, 3.05) is 26.7 Å². The van der Waals surface area contributed by atoms with Crippen molar-refractivity contribution in [2.24, 2.45) is 4.99 Å². The third-order valence-corrected chi connectivity index (χ3v) is 5.73. The lowest BCUT2D eigenvalue weighted by Gasteiger charge is -2.33. The fraction of sp³-hybridized carbons (Fsp3) is 0.500. The zero-order valence-electron chi connectivity index (χ0n) is 16.5. The molecule has 3 atom stereocenters. The lowest BCUT2D eigenvalue weighted by atomic mass is 10.1. The molecule has 2 heterocycles. The maximum atomic E-state index is 5.74. The number of hydrogen-bond acceptors (Lipinski definition) is 3. The van der Waals surface area contributed by atoms with E-state index in [1.54, 1.807) is 6.26 Å². The van der Waals surface area contributed by atoms with Crippen LogP contribution in [0.5, 0.6) is 0 Å². The largest absolute Gasteiger partial charge is 0.468 e. The minimum atomic E-state index is 0. The van der Waals surface area contributed by atoms with Crippen LogP contribution in [0.25, 0.3) is 0 Å². The van der Waals surface area contributed by atoms with Gasteiger partial charge in [0.1, 0.15) is 5.76 Å². The van der Waals surface area contributed by atoms with Crippen molar-refractivity contribution in [2.45, 2.75) is 43.7 Å². The Bertz CT molecular complexity index is 728. The van der Waals surface area contributed by atoms with E-state index in [4.69, 9.17) is 4.42 Å². The summed E-state index contributed by atoms with van der Waals surface area (Å²) in [4.78, 5) is 6.97. The molecular weight excluding hydrogens is 463 g/mol. The average molecular weight is 494 g/mol. The second-order valence-corrected chi connectivity index (χ2v) is 7.58. The van der Waals surface area contributed by atoms with Crippen LogP contribution >= 0.6 is 24.0 Å². The molecule has 5 nitrogen and oxygen atoms in total. The van der Waals surface area contributed by atoms with Gasteiger partial charge in [0.25, 0.3) is 0 Å². The molecule has 1 aliphatic heterocycles. The monoisotopic (exact) mass is 494 g/mol. The van der Waals surface area contributed by atoms with Crippen LogP contribution in [0.2, 0.25) is 0 Å². The standard InChI is InChI=1S/C22H30N4O.HI/c1-23-22(25-19-15-18(19)17-9-4-2-5-10-17)24-16-20(21-11-8-14-27-21)26-12-6-3-7-13-26;/h2,4-5,8-11,14,18-20H,3,6-7,12-13,15-16H2,1H3,(H2,23,24,25);1H. The van der Waals surface area contributed by atoms with E-state index in [0.717, 1.165) is 31.4 Å². The first-order valence-electron chi connectivity index (χ1n) is 10.1. The molecule has 1 saturated heterocycles. The van der Waals surface area contributed by atoms with E-state index in [1.165, 1.54) is 31.2 Å². The summed E-state index contributed by atoms with van der Waals surface area (Å²) in [6.07, 6.45) is 6.81. The first-order valence-corrected chi connectivity index (χ1v) is 10.1. The number of piperidine rings is 1. The van der Waals surface area contributed by atoms with Gasteiger partial charge < -0.3 is 15.1 Å². The van der Waals surface area contributed by atoms with Crippen LogP contribution in [0, 0.1) is 0 Å². The SMILES string of the molecule is CN=C(NCC(c1ccco1)N1CCCCC1)NC1CC1c1ccccc1.I. The summed E-state index contributed by atoms with van der Waals surface area (Å²) in [5.74, 6) is 2.51. The minimum Gasteiger partial charge on any atom is -0.468 e. The van der Waals surface area contributed by atoms with Gasteiger partial charge in [-0.05, 0) is 50.0 Å². The van der Waals surface area contributed by atoms with Crippen LogP contribution in [-0.4, -0.2) is 43.6 Å². The van der Waals surface area contributed by atoms with Crippen LogP contribution in [0.15, 0.2) is 58.1 Å². The normalized spacial score (nSPS) is 23.5. The molecule has 0 amide bonds. The summed E-state index contributed by atoms with van der Waals surface area (Å²) in [6.45, 7) is 3.07. The van der Waals surface area contributed by atoms with E-state index in [2.05, 4.69) is 56.9 Å². The van der Waals surface area contributed by atoms with Gasteiger partial charge in [-0.15, -0.1) is 24.0 Å². The van der Waals surface area contributed by atoms with Crippen LogP contribution in [0.4, 0.5) is 0 Å². The van der Waals surface area contributed by atoms with Gasteiger partial charge in [-0.3, -0.25) is 9.89 Å². The number of guanidine groups is 1. The highest BCUT2D eigenvalue weighted by atomic mass is 127. The van der Waals surface area contributed by atoms with E-state index >= 15 is 0 Å². The number of hydrogen-bond donors (Lipinski definition) is 2. The molecule has 1 aromatic carbocycles. The van der Waals surface area contributed by atoms with Crippen molar-refractivity contribution >= 4 is 29.9 Å². The molecule has 1 aliphatic carbocycles. The summed E-state index contributed by atoms with van der Waals surface area (Å²) < 4.78 is 5.74. The molecule has 6 heteroatoms. The lowest BCUT2D eigenvalue weighted by molar-refractivity contribution is 0.146. The van der Waals surface area contributed by atoms with Crippen LogP contribution < -0.4 is 10.6 Å². The van der Waals surface area contributed by atoms with E-state index in [1.807, 2.05) is 13.1 Å². The van der Waals surface area contributed by atoms with Crippen molar-refractivity contribution in [3.05, 3.63) is 60.1 Å². The summed E-state index contributed by atoms with van der Waals surface area (Å²) in [5, 5.41) is 7.12. The molecule has 2 aliphatic rings. The average Bonchev–Trinajstić information content (AvgIpc) is 3.29. The van der Waals surface area contributed by atoms with E-state index in [0.29, 0.717) is 12.0 Å². The van der Waals surface area contributed by atoms with E-state index in [9.17, 15) is 0 Å². The number of aliphatic imine (C=N–C) groups is 1. The van der Waals surface area contributed by atoms with Crippen LogP contribution in [-0.2, 0) is 0 Å². The molecule has 0 radical (unpaired) electrons. The molecule has 3 unspecified atom stereocenters. The maximum Gasteiger partial charge on any atom is 0.191 e. The molecule has 28 heavy (non-hydrogen) atoms. The molecule has 152 valence electrons. The number of rotatable bonds is 6. The van der Waals surface area contributed by atoms with Crippen molar-refractivity contribution in [1.29, 1.82) is 0 Å². The van der Waals surface area contributed by atoms with Gasteiger partial charge in [0.2, 0.25) is 0 Å². The zero-order valence-corrected chi connectivity index (χ0v) is 18.8. The Morgan fingerprint density at radius 3 is 2.61 bits per heavy atom. The number of nitrogens with one attached hydrogen (secondary N) is 2. The third-order valence-electron chi connectivity index (χ3n) is 5.73. The fourth-order valence-corrected chi connectivity index (χ4v) is 4.11. The molecule has 4 rings (SSSR count). The van der Waals surface area contributed by atoms with Gasteiger partial charge in [-0.25, -0.2) is 0 Å². The van der Waals surface area contributed by atoms with Gasteiger partial charge in [0.05, 0.1) is 12.3 Å². The number of benzene rings is 1. The predicted molar refractivity (Wildman–Crippen MR) is 124 cm³/mol. The van der Waals surface area contributed by atoms with Crippen LogP contribution in [0.3, 0.4) is 0 Å². The molecule has 0 bridgehead atoms. The fourth-order valence-electron chi connectivity index (χ4n) is 4.11. The molecular formula is C22H31IN4O. The molecule has 2 N–H and O–H groups in total. The summed E-state index contributed by atoms with van der Waals surface area (Å²) in [5.41, 5.74) is 1.41. The van der Waals surface area contributed by atoms with Gasteiger partial charge in [0.15, 0.2) is 5.96 Å². The smallest absolute Gasteiger partial charge is 0.191 e. The Balaban J connectivity index is 0.00000225. The zero-order chi connectivity index (χ0) is 18.5. The first-order chi connectivity index (χ1) is 13.3. The van der Waals surface area contributed by atoms with E-state index in [-0.39, 0.29) is 30.0 Å². The lowest BCUT2D eigenvalue weighted by Crippen LogP contribution is -2.45. The third kappa shape index (κ3) is 5.29. The Labute approximate surface area is 185 Å². The van der Waals surface area contributed by atoms with E-state index < -0.39 is 0 Å². The predicted octanol–water partition coefficient (Wildman–Crippen LogP) is 4.15. The number of likely N-dealkylation sites (tertiary alicyclic amines) is 1. The number of halogens is 1.